The Bertz CT molecular complexity index is 1020. The zero-order valence-corrected chi connectivity index (χ0v) is 18.2. The number of furan rings is 1. The van der Waals surface area contributed by atoms with E-state index < -0.39 is 0 Å². The van der Waals surface area contributed by atoms with Crippen molar-refractivity contribution in [1.82, 2.24) is 20.0 Å². The van der Waals surface area contributed by atoms with Gasteiger partial charge in [0.2, 0.25) is 5.95 Å². The molecule has 2 aliphatic heterocycles. The molecular weight excluding hydrogens is 394 g/mol. The van der Waals surface area contributed by atoms with Crippen LogP contribution in [-0.2, 0) is 11.3 Å². The van der Waals surface area contributed by atoms with Crippen LogP contribution in [-0.4, -0.2) is 59.4 Å². The Hall–Kier alpha value is -2.71. The van der Waals surface area contributed by atoms with Gasteiger partial charge in [0, 0.05) is 31.3 Å². The SMILES string of the molecule is Cc1cc(-c2cnc(N3CCOCC3)nc2C2CCN(Cc3ccc(C)o3)CC2)on1. The number of anilines is 1. The molecule has 2 fully saturated rings. The van der Waals surface area contributed by atoms with Crippen LogP contribution in [0.3, 0.4) is 0 Å². The lowest BCUT2D eigenvalue weighted by molar-refractivity contribution is 0.122. The van der Waals surface area contributed by atoms with Crippen LogP contribution < -0.4 is 4.90 Å². The van der Waals surface area contributed by atoms with Gasteiger partial charge >= 0.3 is 0 Å². The maximum atomic E-state index is 5.76. The van der Waals surface area contributed by atoms with Gasteiger partial charge in [-0.3, -0.25) is 4.90 Å². The van der Waals surface area contributed by atoms with Gasteiger partial charge < -0.3 is 18.6 Å². The van der Waals surface area contributed by atoms with Crippen molar-refractivity contribution in [1.29, 1.82) is 0 Å². The van der Waals surface area contributed by atoms with E-state index in [0.29, 0.717) is 19.1 Å². The highest BCUT2D eigenvalue weighted by atomic mass is 16.5. The third-order valence-electron chi connectivity index (χ3n) is 6.14. The molecule has 0 radical (unpaired) electrons. The third kappa shape index (κ3) is 4.50. The van der Waals surface area contributed by atoms with E-state index in [2.05, 4.69) is 26.0 Å². The van der Waals surface area contributed by atoms with Crippen LogP contribution in [0.5, 0.6) is 0 Å². The average molecular weight is 424 g/mol. The highest BCUT2D eigenvalue weighted by molar-refractivity contribution is 5.61. The Morgan fingerprint density at radius 1 is 1.06 bits per heavy atom. The normalized spacial score (nSPS) is 18.6. The summed E-state index contributed by atoms with van der Waals surface area (Å²) in [5.74, 6) is 3.89. The summed E-state index contributed by atoms with van der Waals surface area (Å²) in [5.41, 5.74) is 2.89. The lowest BCUT2D eigenvalue weighted by Crippen LogP contribution is -2.38. The van der Waals surface area contributed by atoms with Crippen molar-refractivity contribution >= 4 is 5.95 Å². The highest BCUT2D eigenvalue weighted by Crippen LogP contribution is 2.35. The Morgan fingerprint density at radius 3 is 2.55 bits per heavy atom. The molecule has 3 aromatic heterocycles. The van der Waals surface area contributed by atoms with Crippen molar-refractivity contribution < 1.29 is 13.7 Å². The predicted octanol–water partition coefficient (Wildman–Crippen LogP) is 3.56. The molecule has 0 atom stereocenters. The van der Waals surface area contributed by atoms with Gasteiger partial charge in [-0.15, -0.1) is 0 Å². The van der Waals surface area contributed by atoms with Gasteiger partial charge in [0.05, 0.1) is 36.7 Å². The molecule has 0 saturated carbocycles. The first kappa shape index (κ1) is 20.2. The molecule has 5 rings (SSSR count). The molecule has 2 aliphatic rings. The number of piperidine rings is 1. The summed E-state index contributed by atoms with van der Waals surface area (Å²) >= 11 is 0. The van der Waals surface area contributed by atoms with Crippen LogP contribution in [0.15, 0.2) is 33.3 Å². The molecule has 8 heteroatoms. The first-order valence-corrected chi connectivity index (χ1v) is 11.1. The topological polar surface area (TPSA) is 80.7 Å². The minimum atomic E-state index is 0.359. The van der Waals surface area contributed by atoms with Crippen LogP contribution in [0, 0.1) is 13.8 Å². The number of aryl methyl sites for hydroxylation is 2. The summed E-state index contributed by atoms with van der Waals surface area (Å²) < 4.78 is 16.8. The Morgan fingerprint density at radius 2 is 1.87 bits per heavy atom. The molecule has 0 N–H and O–H groups in total. The Kier molecular flexibility index (Phi) is 5.74. The summed E-state index contributed by atoms with van der Waals surface area (Å²) in [6.45, 7) is 9.87. The van der Waals surface area contributed by atoms with Gasteiger partial charge in [-0.1, -0.05) is 5.16 Å². The number of hydrogen-bond donors (Lipinski definition) is 0. The molecule has 2 saturated heterocycles. The van der Waals surface area contributed by atoms with Crippen LogP contribution in [0.2, 0.25) is 0 Å². The van der Waals surface area contributed by atoms with Crippen LogP contribution in [0.4, 0.5) is 5.95 Å². The molecule has 164 valence electrons. The molecule has 0 bridgehead atoms. The van der Waals surface area contributed by atoms with Gasteiger partial charge in [0.1, 0.15) is 11.5 Å². The molecule has 0 spiro atoms. The monoisotopic (exact) mass is 423 g/mol. The van der Waals surface area contributed by atoms with Crippen molar-refractivity contribution in [2.45, 2.75) is 39.2 Å². The van der Waals surface area contributed by atoms with Crippen LogP contribution in [0.25, 0.3) is 11.3 Å². The van der Waals surface area contributed by atoms with E-state index in [1.165, 1.54) is 0 Å². The van der Waals surface area contributed by atoms with Gasteiger partial charge in [-0.2, -0.15) is 0 Å². The van der Waals surface area contributed by atoms with Crippen LogP contribution in [0.1, 0.15) is 41.7 Å². The van der Waals surface area contributed by atoms with E-state index in [1.54, 1.807) is 0 Å². The summed E-state index contributed by atoms with van der Waals surface area (Å²) in [5, 5.41) is 4.08. The minimum absolute atomic E-state index is 0.359. The maximum Gasteiger partial charge on any atom is 0.225 e. The number of likely N-dealkylation sites (tertiary alicyclic amines) is 1. The standard InChI is InChI=1S/C23H29N5O3/c1-16-13-21(31-26-16)20-14-24-23(28-9-11-29-12-10-28)25-22(20)18-5-7-27(8-6-18)15-19-4-3-17(2)30-19/h3-4,13-14,18H,5-12,15H2,1-2H3. The maximum absolute atomic E-state index is 5.76. The van der Waals surface area contributed by atoms with Crippen molar-refractivity contribution in [2.24, 2.45) is 0 Å². The number of ether oxygens (including phenoxy) is 1. The van der Waals surface area contributed by atoms with Gasteiger partial charge in [-0.25, -0.2) is 9.97 Å². The highest BCUT2D eigenvalue weighted by Gasteiger charge is 2.27. The number of hydrogen-bond acceptors (Lipinski definition) is 8. The lowest BCUT2D eigenvalue weighted by atomic mass is 9.90. The molecule has 0 aliphatic carbocycles. The molecule has 5 heterocycles. The minimum Gasteiger partial charge on any atom is -0.465 e. The van der Waals surface area contributed by atoms with Crippen molar-refractivity contribution in [3.05, 3.63) is 47.3 Å². The number of nitrogens with zero attached hydrogens (tertiary/aromatic N) is 5. The number of aromatic nitrogens is 3. The van der Waals surface area contributed by atoms with Crippen molar-refractivity contribution in [3.8, 4) is 11.3 Å². The largest absolute Gasteiger partial charge is 0.465 e. The summed E-state index contributed by atoms with van der Waals surface area (Å²) in [6.07, 6.45) is 3.99. The Balaban J connectivity index is 1.37. The summed E-state index contributed by atoms with van der Waals surface area (Å²) in [4.78, 5) is 14.4. The molecular formula is C23H29N5O3. The third-order valence-corrected chi connectivity index (χ3v) is 6.14. The first-order valence-electron chi connectivity index (χ1n) is 11.1. The van der Waals surface area contributed by atoms with Crippen molar-refractivity contribution in [3.63, 3.8) is 0 Å². The molecule has 0 unspecified atom stereocenters. The van der Waals surface area contributed by atoms with E-state index in [1.807, 2.05) is 32.2 Å². The molecule has 0 aromatic carbocycles. The Labute approximate surface area is 182 Å². The molecule has 31 heavy (non-hydrogen) atoms. The fourth-order valence-corrected chi connectivity index (χ4v) is 4.45. The summed E-state index contributed by atoms with van der Waals surface area (Å²) in [7, 11) is 0. The lowest BCUT2D eigenvalue weighted by Gasteiger charge is -2.32. The van der Waals surface area contributed by atoms with E-state index in [4.69, 9.17) is 18.7 Å². The van der Waals surface area contributed by atoms with E-state index in [9.17, 15) is 0 Å². The zero-order valence-electron chi connectivity index (χ0n) is 18.2. The van der Waals surface area contributed by atoms with E-state index in [-0.39, 0.29) is 0 Å². The number of morpholine rings is 1. The second-order valence-electron chi connectivity index (χ2n) is 8.46. The predicted molar refractivity (Wildman–Crippen MR) is 116 cm³/mol. The van der Waals surface area contributed by atoms with E-state index in [0.717, 1.165) is 85.7 Å². The van der Waals surface area contributed by atoms with Gasteiger partial charge in [-0.05, 0) is 51.9 Å². The van der Waals surface area contributed by atoms with Crippen molar-refractivity contribution in [2.75, 3.05) is 44.3 Å². The van der Waals surface area contributed by atoms with E-state index >= 15 is 0 Å². The van der Waals surface area contributed by atoms with Gasteiger partial charge in [0.25, 0.3) is 0 Å². The smallest absolute Gasteiger partial charge is 0.225 e. The fraction of sp³-hybridized carbons (Fsp3) is 0.522. The molecule has 8 nitrogen and oxygen atoms in total. The number of rotatable bonds is 5. The first-order chi connectivity index (χ1) is 15.2. The summed E-state index contributed by atoms with van der Waals surface area (Å²) in [6, 6.07) is 6.07. The molecule has 3 aromatic rings. The fourth-order valence-electron chi connectivity index (χ4n) is 4.45. The zero-order chi connectivity index (χ0) is 21.2. The quantitative estimate of drug-likeness (QED) is 0.616. The second-order valence-corrected chi connectivity index (χ2v) is 8.46. The average Bonchev–Trinajstić information content (AvgIpc) is 3.42. The molecule has 0 amide bonds. The van der Waals surface area contributed by atoms with Gasteiger partial charge in [0.15, 0.2) is 5.76 Å². The van der Waals surface area contributed by atoms with Crippen LogP contribution >= 0.6 is 0 Å². The second kappa shape index (κ2) is 8.80.